The van der Waals surface area contributed by atoms with E-state index in [1.807, 2.05) is 51.0 Å². The molecule has 0 bridgehead atoms. The predicted octanol–water partition coefficient (Wildman–Crippen LogP) is 4.53. The number of likely N-dealkylation sites (N-methyl/N-ethyl adjacent to an activating group) is 1. The SMILES string of the molecule is Cc1c(F)cccc1-c1ccc(CCC[C@H](N(C)C)C(C)(C)O)cc1O. The maximum Gasteiger partial charge on any atom is 0.126 e. The van der Waals surface area contributed by atoms with E-state index in [0.717, 1.165) is 24.8 Å². The van der Waals surface area contributed by atoms with Crippen molar-refractivity contribution in [1.29, 1.82) is 0 Å². The molecule has 0 fully saturated rings. The first-order valence-corrected chi connectivity index (χ1v) is 9.07. The molecular weight excluding hydrogens is 329 g/mol. The Hall–Kier alpha value is -1.91. The van der Waals surface area contributed by atoms with Crippen LogP contribution in [0.15, 0.2) is 36.4 Å². The van der Waals surface area contributed by atoms with Gasteiger partial charge in [-0.15, -0.1) is 0 Å². The van der Waals surface area contributed by atoms with E-state index < -0.39 is 5.60 Å². The van der Waals surface area contributed by atoms with Gasteiger partial charge < -0.3 is 15.1 Å². The Morgan fingerprint density at radius 1 is 1.12 bits per heavy atom. The molecule has 142 valence electrons. The van der Waals surface area contributed by atoms with Gasteiger partial charge in [-0.05, 0) is 83.0 Å². The summed E-state index contributed by atoms with van der Waals surface area (Å²) in [6, 6.07) is 10.6. The van der Waals surface area contributed by atoms with Gasteiger partial charge in [0.2, 0.25) is 0 Å². The molecule has 2 N–H and O–H groups in total. The summed E-state index contributed by atoms with van der Waals surface area (Å²) in [5.74, 6) is -0.102. The van der Waals surface area contributed by atoms with E-state index in [1.165, 1.54) is 6.07 Å². The molecule has 4 heteroatoms. The largest absolute Gasteiger partial charge is 0.507 e. The second-order valence-corrected chi connectivity index (χ2v) is 7.79. The third-order valence-electron chi connectivity index (χ3n) is 5.00. The lowest BCUT2D eigenvalue weighted by Crippen LogP contribution is -2.46. The fraction of sp³-hybridized carbons (Fsp3) is 0.455. The maximum atomic E-state index is 13.8. The molecule has 0 aliphatic heterocycles. The first-order valence-electron chi connectivity index (χ1n) is 9.07. The molecule has 0 aromatic heterocycles. The number of halogens is 1. The van der Waals surface area contributed by atoms with E-state index in [-0.39, 0.29) is 17.6 Å². The molecular formula is C22H30FNO2. The zero-order valence-electron chi connectivity index (χ0n) is 16.4. The van der Waals surface area contributed by atoms with E-state index in [4.69, 9.17) is 0 Å². The summed E-state index contributed by atoms with van der Waals surface area (Å²) < 4.78 is 13.8. The Bertz CT molecular complexity index is 750. The predicted molar refractivity (Wildman–Crippen MR) is 105 cm³/mol. The normalized spacial score (nSPS) is 13.2. The summed E-state index contributed by atoms with van der Waals surface area (Å²) in [5, 5.41) is 20.7. The monoisotopic (exact) mass is 359 g/mol. The molecule has 0 amide bonds. The Morgan fingerprint density at radius 2 is 1.81 bits per heavy atom. The summed E-state index contributed by atoms with van der Waals surface area (Å²) in [7, 11) is 3.95. The summed E-state index contributed by atoms with van der Waals surface area (Å²) in [5.41, 5.74) is 2.17. The summed E-state index contributed by atoms with van der Waals surface area (Å²) in [6.07, 6.45) is 2.59. The van der Waals surface area contributed by atoms with Crippen LogP contribution in [0.5, 0.6) is 5.75 Å². The number of phenolic OH excluding ortho intramolecular Hbond substituents is 1. The molecule has 0 saturated heterocycles. The highest BCUT2D eigenvalue weighted by molar-refractivity contribution is 5.73. The van der Waals surface area contributed by atoms with Crippen molar-refractivity contribution in [3.63, 3.8) is 0 Å². The Morgan fingerprint density at radius 3 is 2.38 bits per heavy atom. The number of aryl methyl sites for hydroxylation is 1. The van der Waals surface area contributed by atoms with Crippen LogP contribution in [0.2, 0.25) is 0 Å². The van der Waals surface area contributed by atoms with Crippen LogP contribution in [-0.2, 0) is 6.42 Å². The highest BCUT2D eigenvalue weighted by Gasteiger charge is 2.27. The second-order valence-electron chi connectivity index (χ2n) is 7.79. The average Bonchev–Trinajstić information content (AvgIpc) is 2.53. The second kappa shape index (κ2) is 8.19. The van der Waals surface area contributed by atoms with Crippen LogP contribution < -0.4 is 0 Å². The third kappa shape index (κ3) is 4.83. The van der Waals surface area contributed by atoms with Gasteiger partial charge in [0, 0.05) is 11.6 Å². The van der Waals surface area contributed by atoms with Crippen LogP contribution in [0.25, 0.3) is 11.1 Å². The van der Waals surface area contributed by atoms with Gasteiger partial charge in [-0.1, -0.05) is 24.3 Å². The summed E-state index contributed by atoms with van der Waals surface area (Å²) in [6.45, 7) is 5.38. The van der Waals surface area contributed by atoms with Crippen LogP contribution >= 0.6 is 0 Å². The molecule has 0 saturated carbocycles. The first kappa shape index (κ1) is 20.4. The lowest BCUT2D eigenvalue weighted by molar-refractivity contribution is -0.00622. The fourth-order valence-electron chi connectivity index (χ4n) is 3.60. The zero-order valence-corrected chi connectivity index (χ0v) is 16.4. The number of aliphatic hydroxyl groups is 1. The van der Waals surface area contributed by atoms with Gasteiger partial charge in [-0.2, -0.15) is 0 Å². The first-order chi connectivity index (χ1) is 12.1. The standard InChI is InChI=1S/C22H30FNO2/c1-15-17(9-7-10-19(15)23)18-13-12-16(14-20(18)25)8-6-11-21(24(4)5)22(2,3)26/h7,9-10,12-14,21,25-26H,6,8,11H2,1-5H3/t21-/m0/s1. The van der Waals surface area contributed by atoms with Gasteiger partial charge in [0.25, 0.3) is 0 Å². The Labute approximate surface area is 156 Å². The number of nitrogens with zero attached hydrogens (tertiary/aromatic N) is 1. The molecule has 2 aromatic rings. The molecule has 0 radical (unpaired) electrons. The summed E-state index contributed by atoms with van der Waals surface area (Å²) >= 11 is 0. The van der Waals surface area contributed by atoms with Crippen molar-refractivity contribution in [2.24, 2.45) is 0 Å². The van der Waals surface area contributed by atoms with Crippen LogP contribution in [-0.4, -0.2) is 40.9 Å². The van der Waals surface area contributed by atoms with Crippen molar-refractivity contribution in [2.45, 2.75) is 51.7 Å². The van der Waals surface area contributed by atoms with Gasteiger partial charge in [-0.25, -0.2) is 4.39 Å². The number of benzene rings is 2. The number of phenols is 1. The number of hydrogen-bond acceptors (Lipinski definition) is 3. The lowest BCUT2D eigenvalue weighted by Gasteiger charge is -2.34. The zero-order chi connectivity index (χ0) is 19.5. The van der Waals surface area contributed by atoms with Gasteiger partial charge in [0.05, 0.1) is 5.60 Å². The van der Waals surface area contributed by atoms with E-state index in [1.54, 1.807) is 19.1 Å². The quantitative estimate of drug-likeness (QED) is 0.763. The lowest BCUT2D eigenvalue weighted by atomic mass is 9.91. The van der Waals surface area contributed by atoms with Crippen LogP contribution in [0, 0.1) is 12.7 Å². The van der Waals surface area contributed by atoms with Gasteiger partial charge >= 0.3 is 0 Å². The van der Waals surface area contributed by atoms with Crippen molar-refractivity contribution in [3.05, 3.63) is 53.3 Å². The van der Waals surface area contributed by atoms with Gasteiger partial charge in [-0.3, -0.25) is 0 Å². The van der Waals surface area contributed by atoms with E-state index >= 15 is 0 Å². The fourth-order valence-corrected chi connectivity index (χ4v) is 3.60. The smallest absolute Gasteiger partial charge is 0.126 e. The van der Waals surface area contributed by atoms with E-state index in [9.17, 15) is 14.6 Å². The van der Waals surface area contributed by atoms with Crippen molar-refractivity contribution in [2.75, 3.05) is 14.1 Å². The molecule has 0 aliphatic rings. The van der Waals surface area contributed by atoms with Gasteiger partial charge in [0.15, 0.2) is 0 Å². The minimum atomic E-state index is -0.760. The molecule has 2 aromatic carbocycles. The van der Waals surface area contributed by atoms with Crippen LogP contribution in [0.3, 0.4) is 0 Å². The van der Waals surface area contributed by atoms with E-state index in [2.05, 4.69) is 0 Å². The third-order valence-corrected chi connectivity index (χ3v) is 5.00. The highest BCUT2D eigenvalue weighted by atomic mass is 19.1. The van der Waals surface area contributed by atoms with Crippen molar-refractivity contribution in [3.8, 4) is 16.9 Å². The Kier molecular flexibility index (Phi) is 6.43. The van der Waals surface area contributed by atoms with Gasteiger partial charge in [0.1, 0.15) is 11.6 Å². The molecule has 0 heterocycles. The van der Waals surface area contributed by atoms with Crippen molar-refractivity contribution >= 4 is 0 Å². The topological polar surface area (TPSA) is 43.7 Å². The molecule has 3 nitrogen and oxygen atoms in total. The number of hydrogen-bond donors (Lipinski definition) is 2. The molecule has 2 rings (SSSR count). The number of rotatable bonds is 7. The van der Waals surface area contributed by atoms with Crippen LogP contribution in [0.4, 0.5) is 4.39 Å². The summed E-state index contributed by atoms with van der Waals surface area (Å²) in [4.78, 5) is 2.05. The Balaban J connectivity index is 2.09. The number of aromatic hydroxyl groups is 1. The molecule has 0 aliphatic carbocycles. The van der Waals surface area contributed by atoms with Crippen molar-refractivity contribution in [1.82, 2.24) is 4.90 Å². The average molecular weight is 359 g/mol. The minimum Gasteiger partial charge on any atom is -0.507 e. The van der Waals surface area contributed by atoms with Crippen LogP contribution in [0.1, 0.15) is 37.8 Å². The molecule has 0 spiro atoms. The van der Waals surface area contributed by atoms with Crippen molar-refractivity contribution < 1.29 is 14.6 Å². The highest BCUT2D eigenvalue weighted by Crippen LogP contribution is 2.33. The molecule has 26 heavy (non-hydrogen) atoms. The maximum absolute atomic E-state index is 13.8. The molecule has 0 unspecified atom stereocenters. The molecule has 1 atom stereocenters. The van der Waals surface area contributed by atoms with E-state index in [0.29, 0.717) is 16.7 Å². The minimum absolute atomic E-state index is 0.0744.